The summed E-state index contributed by atoms with van der Waals surface area (Å²) >= 11 is 0. The summed E-state index contributed by atoms with van der Waals surface area (Å²) in [5, 5.41) is 12.1. The van der Waals surface area contributed by atoms with Crippen molar-refractivity contribution < 1.29 is 0 Å². The van der Waals surface area contributed by atoms with Crippen LogP contribution in [0.25, 0.3) is 11.4 Å². The van der Waals surface area contributed by atoms with Crippen LogP contribution in [-0.4, -0.2) is 20.2 Å². The third-order valence-electron chi connectivity index (χ3n) is 3.38. The summed E-state index contributed by atoms with van der Waals surface area (Å²) in [7, 11) is 0. The molecule has 1 unspecified atom stereocenters. The lowest BCUT2D eigenvalue weighted by Crippen LogP contribution is -2.12. The summed E-state index contributed by atoms with van der Waals surface area (Å²) in [6.07, 6.45) is 3.19. The van der Waals surface area contributed by atoms with Gasteiger partial charge in [0.2, 0.25) is 0 Å². The Morgan fingerprint density at radius 3 is 2.79 bits per heavy atom. The second-order valence-corrected chi connectivity index (χ2v) is 4.89. The van der Waals surface area contributed by atoms with Crippen molar-refractivity contribution in [2.45, 2.75) is 46.1 Å². The van der Waals surface area contributed by atoms with Gasteiger partial charge in [0.1, 0.15) is 0 Å². The zero-order valence-corrected chi connectivity index (χ0v) is 11.8. The summed E-state index contributed by atoms with van der Waals surface area (Å²) in [6.45, 7) is 6.37. The summed E-state index contributed by atoms with van der Waals surface area (Å²) in [5.41, 5.74) is 8.84. The molecule has 0 aliphatic heterocycles. The largest absolute Gasteiger partial charge is 0.398 e. The van der Waals surface area contributed by atoms with Crippen LogP contribution in [0.1, 0.15) is 44.7 Å². The van der Waals surface area contributed by atoms with Crippen molar-refractivity contribution in [3.05, 3.63) is 23.8 Å². The SMILES string of the molecule is CCCC(CC)n1nnnc1-c1cc(C)ccc1N. The van der Waals surface area contributed by atoms with Gasteiger partial charge in [0.15, 0.2) is 5.82 Å². The maximum absolute atomic E-state index is 6.06. The minimum atomic E-state index is 0.329. The number of nitrogen functional groups attached to an aromatic ring is 1. The number of nitrogens with two attached hydrogens (primary N) is 1. The highest BCUT2D eigenvalue weighted by atomic mass is 15.5. The van der Waals surface area contributed by atoms with E-state index in [2.05, 4.69) is 29.4 Å². The van der Waals surface area contributed by atoms with E-state index in [4.69, 9.17) is 5.73 Å². The van der Waals surface area contributed by atoms with Crippen molar-refractivity contribution in [2.75, 3.05) is 5.73 Å². The maximum atomic E-state index is 6.06. The third-order valence-corrected chi connectivity index (χ3v) is 3.38. The molecule has 0 spiro atoms. The van der Waals surface area contributed by atoms with Crippen molar-refractivity contribution in [1.29, 1.82) is 0 Å². The number of hydrogen-bond acceptors (Lipinski definition) is 4. The van der Waals surface area contributed by atoms with Crippen LogP contribution >= 0.6 is 0 Å². The van der Waals surface area contributed by atoms with E-state index in [9.17, 15) is 0 Å². The Morgan fingerprint density at radius 2 is 2.11 bits per heavy atom. The van der Waals surface area contributed by atoms with Crippen LogP contribution in [0.5, 0.6) is 0 Å². The van der Waals surface area contributed by atoms with Crippen LogP contribution in [0, 0.1) is 6.92 Å². The molecule has 0 saturated heterocycles. The lowest BCUT2D eigenvalue weighted by molar-refractivity contribution is 0.404. The Balaban J connectivity index is 2.46. The monoisotopic (exact) mass is 259 g/mol. The van der Waals surface area contributed by atoms with Gasteiger partial charge in [0.25, 0.3) is 0 Å². The minimum Gasteiger partial charge on any atom is -0.398 e. The van der Waals surface area contributed by atoms with E-state index in [-0.39, 0.29) is 0 Å². The summed E-state index contributed by atoms with van der Waals surface area (Å²) < 4.78 is 1.91. The second-order valence-electron chi connectivity index (χ2n) is 4.89. The van der Waals surface area contributed by atoms with Crippen molar-refractivity contribution in [1.82, 2.24) is 20.2 Å². The van der Waals surface area contributed by atoms with Gasteiger partial charge >= 0.3 is 0 Å². The Morgan fingerprint density at radius 1 is 1.32 bits per heavy atom. The smallest absolute Gasteiger partial charge is 0.184 e. The van der Waals surface area contributed by atoms with Gasteiger partial charge in [-0.05, 0) is 42.3 Å². The molecule has 0 saturated carbocycles. The summed E-state index contributed by atoms with van der Waals surface area (Å²) in [4.78, 5) is 0. The van der Waals surface area contributed by atoms with Crippen molar-refractivity contribution in [2.24, 2.45) is 0 Å². The fraction of sp³-hybridized carbons (Fsp3) is 0.500. The zero-order chi connectivity index (χ0) is 13.8. The van der Waals surface area contributed by atoms with Crippen molar-refractivity contribution in [3.8, 4) is 11.4 Å². The first kappa shape index (κ1) is 13.5. The molecule has 0 aliphatic carbocycles. The van der Waals surface area contributed by atoms with Gasteiger partial charge in [-0.3, -0.25) is 0 Å². The van der Waals surface area contributed by atoms with E-state index < -0.39 is 0 Å². The number of benzene rings is 1. The molecular weight excluding hydrogens is 238 g/mol. The molecule has 0 radical (unpaired) electrons. The van der Waals surface area contributed by atoms with Gasteiger partial charge in [-0.15, -0.1) is 5.10 Å². The van der Waals surface area contributed by atoms with E-state index in [1.54, 1.807) is 0 Å². The van der Waals surface area contributed by atoms with Gasteiger partial charge in [-0.1, -0.05) is 31.9 Å². The first-order valence-corrected chi connectivity index (χ1v) is 6.81. The van der Waals surface area contributed by atoms with Gasteiger partial charge in [0, 0.05) is 11.3 Å². The van der Waals surface area contributed by atoms with Gasteiger partial charge < -0.3 is 5.73 Å². The molecule has 1 atom stereocenters. The fourth-order valence-electron chi connectivity index (χ4n) is 2.31. The summed E-state index contributed by atoms with van der Waals surface area (Å²) in [6, 6.07) is 6.27. The zero-order valence-electron chi connectivity index (χ0n) is 11.8. The second kappa shape index (κ2) is 5.82. The van der Waals surface area contributed by atoms with E-state index in [1.807, 2.05) is 29.8 Å². The van der Waals surface area contributed by atoms with Crippen LogP contribution < -0.4 is 5.73 Å². The quantitative estimate of drug-likeness (QED) is 0.838. The van der Waals surface area contributed by atoms with Gasteiger partial charge in [-0.25, -0.2) is 4.68 Å². The first-order valence-electron chi connectivity index (χ1n) is 6.81. The predicted octanol–water partition coefficient (Wildman–Crippen LogP) is 2.98. The molecular formula is C14H21N5. The first-order chi connectivity index (χ1) is 9.17. The number of aromatic nitrogens is 4. The van der Waals surface area contributed by atoms with E-state index in [0.29, 0.717) is 11.7 Å². The third kappa shape index (κ3) is 2.75. The minimum absolute atomic E-state index is 0.329. The number of rotatable bonds is 5. The highest BCUT2D eigenvalue weighted by molar-refractivity contribution is 5.72. The van der Waals surface area contributed by atoms with E-state index in [1.165, 1.54) is 0 Å². The molecule has 19 heavy (non-hydrogen) atoms. The Bertz CT molecular complexity index is 547. The average Bonchev–Trinajstić information content (AvgIpc) is 2.87. The van der Waals surface area contributed by atoms with Crippen LogP contribution in [0.2, 0.25) is 0 Å². The Labute approximate surface area is 113 Å². The Hall–Kier alpha value is -1.91. The van der Waals surface area contributed by atoms with Crippen molar-refractivity contribution >= 4 is 5.69 Å². The molecule has 102 valence electrons. The number of hydrogen-bond donors (Lipinski definition) is 1. The van der Waals surface area contributed by atoms with Crippen LogP contribution in [0.15, 0.2) is 18.2 Å². The predicted molar refractivity (Wildman–Crippen MR) is 76.6 cm³/mol. The Kier molecular flexibility index (Phi) is 4.14. The lowest BCUT2D eigenvalue weighted by Gasteiger charge is -2.16. The molecule has 1 aromatic heterocycles. The van der Waals surface area contributed by atoms with Crippen LogP contribution in [0.3, 0.4) is 0 Å². The van der Waals surface area contributed by atoms with Crippen LogP contribution in [-0.2, 0) is 0 Å². The molecule has 5 nitrogen and oxygen atoms in total. The molecule has 1 heterocycles. The molecule has 0 fully saturated rings. The molecule has 0 bridgehead atoms. The lowest BCUT2D eigenvalue weighted by atomic mass is 10.1. The molecule has 1 aromatic carbocycles. The van der Waals surface area contributed by atoms with Gasteiger partial charge in [-0.2, -0.15) is 0 Å². The number of tetrazole rings is 1. The number of anilines is 1. The molecule has 2 rings (SSSR count). The normalized spacial score (nSPS) is 12.6. The van der Waals surface area contributed by atoms with Crippen molar-refractivity contribution in [3.63, 3.8) is 0 Å². The number of nitrogens with zero attached hydrogens (tertiary/aromatic N) is 4. The molecule has 2 N–H and O–H groups in total. The van der Waals surface area contributed by atoms with E-state index >= 15 is 0 Å². The maximum Gasteiger partial charge on any atom is 0.184 e. The van der Waals surface area contributed by atoms with E-state index in [0.717, 1.165) is 36.2 Å². The highest BCUT2D eigenvalue weighted by Crippen LogP contribution is 2.28. The van der Waals surface area contributed by atoms with Crippen LogP contribution in [0.4, 0.5) is 5.69 Å². The molecule has 0 aliphatic rings. The average molecular weight is 259 g/mol. The standard InChI is InChI=1S/C14H21N5/c1-4-6-11(5-2)19-14(16-17-18-19)12-9-10(3)7-8-13(12)15/h7-9,11H,4-6,15H2,1-3H3. The topological polar surface area (TPSA) is 69.6 Å². The number of aryl methyl sites for hydroxylation is 1. The molecule has 0 amide bonds. The fourth-order valence-corrected chi connectivity index (χ4v) is 2.31. The molecule has 2 aromatic rings. The molecule has 5 heteroatoms. The highest BCUT2D eigenvalue weighted by Gasteiger charge is 2.18. The summed E-state index contributed by atoms with van der Waals surface area (Å²) in [5.74, 6) is 0.765. The van der Waals surface area contributed by atoms with Gasteiger partial charge in [0.05, 0.1) is 6.04 Å².